The van der Waals surface area contributed by atoms with Crippen LogP contribution in [-0.4, -0.2) is 53.9 Å². The maximum absolute atomic E-state index is 11.4. The zero-order chi connectivity index (χ0) is 11.5. The molecule has 1 atom stereocenters. The first kappa shape index (κ1) is 13.3. The lowest BCUT2D eigenvalue weighted by Gasteiger charge is -2.20. The number of carbonyl (C=O) groups is 1. The Morgan fingerprint density at radius 1 is 1.43 bits per heavy atom. The lowest BCUT2D eigenvalue weighted by atomic mass is 10.4. The monoisotopic (exact) mass is 225 g/mol. The first-order valence-electron chi connectivity index (χ1n) is 4.05. The molecule has 0 amide bonds. The molecule has 0 aliphatic rings. The maximum atomic E-state index is 11.4. The molecule has 0 aromatic heterocycles. The summed E-state index contributed by atoms with van der Waals surface area (Å²) in [4.78, 5) is 10.3. The summed E-state index contributed by atoms with van der Waals surface area (Å²) in [5.41, 5.74) is 0. The van der Waals surface area contributed by atoms with Crippen molar-refractivity contribution in [1.29, 1.82) is 0 Å². The Kier molecular flexibility index (Phi) is 4.50. The third kappa shape index (κ3) is 3.24. The first-order valence-corrected chi connectivity index (χ1v) is 5.56. The van der Waals surface area contributed by atoms with Gasteiger partial charge in [0.2, 0.25) is 10.0 Å². The van der Waals surface area contributed by atoms with Crippen LogP contribution in [0.5, 0.6) is 0 Å². The fourth-order valence-corrected chi connectivity index (χ4v) is 1.85. The molecular formula is C7H15NO5S. The molecule has 14 heavy (non-hydrogen) atoms. The lowest BCUT2D eigenvalue weighted by molar-refractivity contribution is -0.146. The van der Waals surface area contributed by atoms with Gasteiger partial charge < -0.3 is 10.2 Å². The average molecular weight is 225 g/mol. The van der Waals surface area contributed by atoms with E-state index in [1.54, 1.807) is 0 Å². The first-order chi connectivity index (χ1) is 6.19. The average Bonchev–Trinajstić information content (AvgIpc) is 2.03. The molecule has 0 saturated heterocycles. The van der Waals surface area contributed by atoms with Crippen molar-refractivity contribution in [1.82, 2.24) is 4.31 Å². The van der Waals surface area contributed by atoms with Crippen LogP contribution < -0.4 is 0 Å². The molecule has 0 rings (SSSR count). The summed E-state index contributed by atoms with van der Waals surface area (Å²) in [5, 5.41) is 16.7. The predicted octanol–water partition coefficient (Wildman–Crippen LogP) is -0.898. The molecule has 0 aliphatic carbocycles. The molecule has 7 heteroatoms. The second kappa shape index (κ2) is 4.72. The number of rotatable bonds is 5. The SMILES string of the molecule is CC(C)S(=O)(=O)N(C)C[C@H](O)C(=O)O. The van der Waals surface area contributed by atoms with Crippen molar-refractivity contribution < 1.29 is 23.4 Å². The Labute approximate surface area is 83.2 Å². The highest BCUT2D eigenvalue weighted by molar-refractivity contribution is 7.89. The molecule has 0 heterocycles. The number of carboxylic acids is 1. The summed E-state index contributed by atoms with van der Waals surface area (Å²) in [6.07, 6.45) is -1.69. The predicted molar refractivity (Wildman–Crippen MR) is 50.3 cm³/mol. The molecule has 0 unspecified atom stereocenters. The van der Waals surface area contributed by atoms with Gasteiger partial charge in [0, 0.05) is 7.05 Å². The van der Waals surface area contributed by atoms with Crippen molar-refractivity contribution in [2.45, 2.75) is 25.2 Å². The van der Waals surface area contributed by atoms with E-state index in [9.17, 15) is 13.2 Å². The van der Waals surface area contributed by atoms with Crippen molar-refractivity contribution >= 4 is 16.0 Å². The number of aliphatic hydroxyl groups excluding tert-OH is 1. The van der Waals surface area contributed by atoms with Crippen LogP contribution in [0.25, 0.3) is 0 Å². The number of nitrogens with zero attached hydrogens (tertiary/aromatic N) is 1. The van der Waals surface area contributed by atoms with Gasteiger partial charge in [-0.2, -0.15) is 0 Å². The Morgan fingerprint density at radius 3 is 2.14 bits per heavy atom. The van der Waals surface area contributed by atoms with Crippen LogP contribution in [0, 0.1) is 0 Å². The van der Waals surface area contributed by atoms with E-state index in [4.69, 9.17) is 10.2 Å². The topological polar surface area (TPSA) is 94.9 Å². The summed E-state index contributed by atoms with van der Waals surface area (Å²) >= 11 is 0. The highest BCUT2D eigenvalue weighted by Gasteiger charge is 2.26. The molecule has 0 fully saturated rings. The van der Waals surface area contributed by atoms with Crippen molar-refractivity contribution in [2.24, 2.45) is 0 Å². The van der Waals surface area contributed by atoms with Gasteiger partial charge in [0.25, 0.3) is 0 Å². The van der Waals surface area contributed by atoms with Crippen LogP contribution >= 0.6 is 0 Å². The van der Waals surface area contributed by atoms with Gasteiger partial charge >= 0.3 is 5.97 Å². The van der Waals surface area contributed by atoms with Gasteiger partial charge in [0.15, 0.2) is 6.10 Å². The molecule has 6 nitrogen and oxygen atoms in total. The summed E-state index contributed by atoms with van der Waals surface area (Å²) in [6, 6.07) is 0. The summed E-state index contributed by atoms with van der Waals surface area (Å²) < 4.78 is 23.7. The Balaban J connectivity index is 4.51. The van der Waals surface area contributed by atoms with Crippen LogP contribution in [0.15, 0.2) is 0 Å². The van der Waals surface area contributed by atoms with Crippen molar-refractivity contribution in [3.8, 4) is 0 Å². The van der Waals surface area contributed by atoms with Crippen molar-refractivity contribution in [3.05, 3.63) is 0 Å². The number of aliphatic hydroxyl groups is 1. The van der Waals surface area contributed by atoms with Crippen LogP contribution in [0.4, 0.5) is 0 Å². The van der Waals surface area contributed by atoms with Crippen LogP contribution in [0.1, 0.15) is 13.8 Å². The van der Waals surface area contributed by atoms with E-state index in [0.717, 1.165) is 4.31 Å². The normalized spacial score (nSPS) is 14.7. The number of sulfonamides is 1. The van der Waals surface area contributed by atoms with E-state index in [2.05, 4.69) is 0 Å². The van der Waals surface area contributed by atoms with E-state index in [1.807, 2.05) is 0 Å². The fraction of sp³-hybridized carbons (Fsp3) is 0.857. The standard InChI is InChI=1S/C7H15NO5S/c1-5(2)14(12,13)8(3)4-6(9)7(10)11/h5-6,9H,4H2,1-3H3,(H,10,11)/t6-/m0/s1. The minimum absolute atomic E-state index is 0.435. The highest BCUT2D eigenvalue weighted by atomic mass is 32.2. The van der Waals surface area contributed by atoms with E-state index in [-0.39, 0.29) is 0 Å². The molecule has 0 aliphatic heterocycles. The van der Waals surface area contributed by atoms with Gasteiger partial charge in [-0.3, -0.25) is 0 Å². The molecular weight excluding hydrogens is 210 g/mol. The Morgan fingerprint density at radius 2 is 1.86 bits per heavy atom. The molecule has 2 N–H and O–H groups in total. The van der Waals surface area contributed by atoms with Gasteiger partial charge in [-0.15, -0.1) is 0 Å². The van der Waals surface area contributed by atoms with Crippen molar-refractivity contribution in [2.75, 3.05) is 13.6 Å². The van der Waals surface area contributed by atoms with Gasteiger partial charge in [-0.1, -0.05) is 0 Å². The minimum Gasteiger partial charge on any atom is -0.479 e. The molecule has 0 bridgehead atoms. The number of hydrogen-bond acceptors (Lipinski definition) is 4. The molecule has 0 saturated carbocycles. The van der Waals surface area contributed by atoms with E-state index >= 15 is 0 Å². The Bertz CT molecular complexity index is 297. The zero-order valence-corrected chi connectivity index (χ0v) is 9.15. The van der Waals surface area contributed by atoms with E-state index in [1.165, 1.54) is 20.9 Å². The van der Waals surface area contributed by atoms with E-state index < -0.39 is 33.9 Å². The third-order valence-electron chi connectivity index (χ3n) is 1.75. The van der Waals surface area contributed by atoms with Gasteiger partial charge in [0.05, 0.1) is 11.8 Å². The number of likely N-dealkylation sites (N-methyl/N-ethyl adjacent to an activating group) is 1. The van der Waals surface area contributed by atoms with Crippen LogP contribution in [0.2, 0.25) is 0 Å². The molecule has 0 spiro atoms. The molecule has 84 valence electrons. The van der Waals surface area contributed by atoms with Crippen molar-refractivity contribution in [3.63, 3.8) is 0 Å². The second-order valence-electron chi connectivity index (χ2n) is 3.23. The smallest absolute Gasteiger partial charge is 0.333 e. The van der Waals surface area contributed by atoms with Gasteiger partial charge in [-0.05, 0) is 13.8 Å². The summed E-state index contributed by atoms with van der Waals surface area (Å²) in [5.74, 6) is -1.43. The maximum Gasteiger partial charge on any atom is 0.333 e. The van der Waals surface area contributed by atoms with Gasteiger partial charge in [-0.25, -0.2) is 17.5 Å². The zero-order valence-electron chi connectivity index (χ0n) is 8.34. The van der Waals surface area contributed by atoms with E-state index in [0.29, 0.717) is 0 Å². The third-order valence-corrected chi connectivity index (χ3v) is 3.95. The lowest BCUT2D eigenvalue weighted by Crippen LogP contribution is -2.40. The highest BCUT2D eigenvalue weighted by Crippen LogP contribution is 2.06. The molecule has 0 aromatic carbocycles. The number of hydrogen-bond donors (Lipinski definition) is 2. The molecule has 0 aromatic rings. The Hall–Kier alpha value is -0.660. The quantitative estimate of drug-likeness (QED) is 0.632. The van der Waals surface area contributed by atoms with Crippen LogP contribution in [-0.2, 0) is 14.8 Å². The summed E-state index contributed by atoms with van der Waals surface area (Å²) in [6.45, 7) is 2.54. The molecule has 0 radical (unpaired) electrons. The second-order valence-corrected chi connectivity index (χ2v) is 5.82. The number of aliphatic carboxylic acids is 1. The van der Waals surface area contributed by atoms with Gasteiger partial charge in [0.1, 0.15) is 0 Å². The number of carboxylic acid groups (broad SMARTS) is 1. The van der Waals surface area contributed by atoms with Crippen LogP contribution in [0.3, 0.4) is 0 Å². The summed E-state index contributed by atoms with van der Waals surface area (Å²) in [7, 11) is -2.26. The minimum atomic E-state index is -3.50. The fourth-order valence-electron chi connectivity index (χ4n) is 0.785. The largest absolute Gasteiger partial charge is 0.479 e.